The molecule has 232 valence electrons. The summed E-state index contributed by atoms with van der Waals surface area (Å²) in [4.78, 5) is 0. The van der Waals surface area contributed by atoms with Crippen molar-refractivity contribution in [2.24, 2.45) is 0 Å². The van der Waals surface area contributed by atoms with Crippen molar-refractivity contribution in [1.29, 1.82) is 0 Å². The van der Waals surface area contributed by atoms with Gasteiger partial charge in [-0.05, 0) is 0 Å². The first-order valence-electron chi connectivity index (χ1n) is 8.54. The molecule has 1 aromatic carbocycles. The third-order valence-electron chi connectivity index (χ3n) is 4.62. The lowest BCUT2D eigenvalue weighted by molar-refractivity contribution is -0.460. The number of benzene rings is 1. The van der Waals surface area contributed by atoms with Crippen molar-refractivity contribution in [2.45, 2.75) is 47.6 Å². The van der Waals surface area contributed by atoms with Gasteiger partial charge in [0.15, 0.2) is 29.1 Å². The van der Waals surface area contributed by atoms with E-state index in [1.807, 2.05) is 0 Å². The summed E-state index contributed by atoms with van der Waals surface area (Å²) in [5.41, 5.74) is -3.64. The molecule has 1 rings (SSSR count). The molecule has 0 nitrogen and oxygen atoms in total. The van der Waals surface area contributed by atoms with Gasteiger partial charge in [-0.25, -0.2) is 30.7 Å². The highest BCUT2D eigenvalue weighted by Gasteiger charge is 2.95. The zero-order valence-corrected chi connectivity index (χ0v) is 17.1. The van der Waals surface area contributed by atoms with Crippen molar-refractivity contribution in [3.63, 3.8) is 0 Å². The monoisotopic (exact) mass is 648 g/mol. The van der Waals surface area contributed by atoms with Crippen LogP contribution in [0, 0.1) is 29.1 Å². The lowest BCUT2D eigenvalue weighted by Crippen LogP contribution is -2.74. The highest BCUT2D eigenvalue weighted by Crippen LogP contribution is 2.64. The van der Waals surface area contributed by atoms with E-state index in [9.17, 15) is 105 Å². The molecule has 0 radical (unpaired) electrons. The fraction of sp³-hybridized carbons (Fsp3) is 0.500. The molecule has 0 amide bonds. The first-order valence-corrected chi connectivity index (χ1v) is 8.54. The summed E-state index contributed by atoms with van der Waals surface area (Å²) < 4.78 is 316. The molecule has 0 fully saturated rings. The van der Waals surface area contributed by atoms with Gasteiger partial charge in [-0.2, -0.15) is 74.6 Å². The Bertz CT molecular complexity index is 1150. The normalized spacial score (nSPS) is 15.9. The highest BCUT2D eigenvalue weighted by atomic mass is 19.4. The Kier molecular flexibility index (Phi) is 8.30. The maximum absolute atomic E-state index is 13.8. The Morgan fingerprint density at radius 3 is 0.900 bits per heavy atom. The molecule has 0 bridgehead atoms. The quantitative estimate of drug-likeness (QED) is 0.150. The van der Waals surface area contributed by atoms with Crippen molar-refractivity contribution in [2.75, 3.05) is 0 Å². The van der Waals surface area contributed by atoms with Gasteiger partial charge in [-0.15, -0.1) is 0 Å². The molecule has 0 N–H and O–H groups in total. The second kappa shape index (κ2) is 9.41. The molecule has 40 heavy (non-hydrogen) atoms. The van der Waals surface area contributed by atoms with Gasteiger partial charge in [0.2, 0.25) is 11.6 Å². The van der Waals surface area contributed by atoms with Crippen molar-refractivity contribution in [3.05, 3.63) is 40.5 Å². The summed E-state index contributed by atoms with van der Waals surface area (Å²) in [5.74, 6) is -89.3. The Morgan fingerprint density at radius 2 is 0.600 bits per heavy atom. The third kappa shape index (κ3) is 4.29. The van der Waals surface area contributed by atoms with E-state index in [0.717, 1.165) is 0 Å². The molecule has 0 aliphatic rings. The van der Waals surface area contributed by atoms with Crippen LogP contribution in [0.1, 0.15) is 5.56 Å². The predicted octanol–water partition coefficient (Wildman–Crippen LogP) is 9.00. The van der Waals surface area contributed by atoms with Crippen LogP contribution >= 0.6 is 0 Å². The van der Waals surface area contributed by atoms with Crippen molar-refractivity contribution >= 4 is 5.83 Å². The van der Waals surface area contributed by atoms with E-state index in [1.165, 1.54) is 0 Å². The summed E-state index contributed by atoms with van der Waals surface area (Å²) in [7, 11) is 0. The second-order valence-corrected chi connectivity index (χ2v) is 7.09. The Hall–Kier alpha value is -2.72. The molecule has 0 spiro atoms. The van der Waals surface area contributed by atoms with Crippen LogP contribution in [0.25, 0.3) is 5.83 Å². The van der Waals surface area contributed by atoms with E-state index in [1.54, 1.807) is 0 Å². The Labute approximate surface area is 200 Å². The van der Waals surface area contributed by atoms with Crippen LogP contribution in [0.15, 0.2) is 5.83 Å². The molecule has 0 saturated carbocycles. The van der Waals surface area contributed by atoms with Crippen LogP contribution in [0.5, 0.6) is 0 Å². The molecule has 0 heterocycles. The Morgan fingerprint density at radius 1 is 0.350 bits per heavy atom. The smallest absolute Gasteiger partial charge is 0.203 e. The van der Waals surface area contributed by atoms with E-state index < -0.39 is 93.9 Å². The van der Waals surface area contributed by atoms with Gasteiger partial charge in [0.1, 0.15) is 0 Å². The molecule has 0 aliphatic carbocycles. The minimum Gasteiger partial charge on any atom is -0.203 e. The molecule has 0 aromatic heterocycles. The highest BCUT2D eigenvalue weighted by molar-refractivity contribution is 5.64. The number of hydrogen-bond acceptors (Lipinski definition) is 0. The van der Waals surface area contributed by atoms with Crippen LogP contribution in [-0.2, 0) is 0 Å². The summed E-state index contributed by atoms with van der Waals surface area (Å²) in [6.07, 6.45) is -8.05. The van der Waals surface area contributed by atoms with Crippen molar-refractivity contribution < 1.29 is 105 Å². The van der Waals surface area contributed by atoms with Crippen molar-refractivity contribution in [1.82, 2.24) is 0 Å². The van der Waals surface area contributed by atoms with Crippen LogP contribution in [-0.4, -0.2) is 47.6 Å². The first kappa shape index (κ1) is 35.3. The summed E-state index contributed by atoms with van der Waals surface area (Å²) in [6.45, 7) is 0. The van der Waals surface area contributed by atoms with E-state index in [0.29, 0.717) is 0 Å². The lowest BCUT2D eigenvalue weighted by atomic mass is 9.88. The van der Waals surface area contributed by atoms with Gasteiger partial charge in [0, 0.05) is 0 Å². The van der Waals surface area contributed by atoms with Gasteiger partial charge in [-0.1, -0.05) is 0 Å². The average Bonchev–Trinajstić information content (AvgIpc) is 2.79. The molecule has 0 aliphatic heterocycles. The zero-order valence-electron chi connectivity index (χ0n) is 17.1. The number of allylic oxidation sites excluding steroid dienone is 1. The van der Waals surface area contributed by atoms with E-state index in [4.69, 9.17) is 0 Å². The fourth-order valence-electron chi connectivity index (χ4n) is 2.35. The van der Waals surface area contributed by atoms with Crippen LogP contribution in [0.3, 0.4) is 0 Å². The van der Waals surface area contributed by atoms with Crippen LogP contribution in [0.4, 0.5) is 105 Å². The molecule has 0 saturated heterocycles. The van der Waals surface area contributed by atoms with Crippen molar-refractivity contribution in [3.8, 4) is 0 Å². The van der Waals surface area contributed by atoms with E-state index in [2.05, 4.69) is 0 Å². The van der Waals surface area contributed by atoms with E-state index >= 15 is 0 Å². The van der Waals surface area contributed by atoms with Crippen LogP contribution in [0.2, 0.25) is 0 Å². The van der Waals surface area contributed by atoms with Gasteiger partial charge in [0.05, 0.1) is 5.56 Å². The Balaban J connectivity index is 3.95. The predicted molar refractivity (Wildman–Crippen MR) is 76.1 cm³/mol. The fourth-order valence-corrected chi connectivity index (χ4v) is 2.35. The van der Waals surface area contributed by atoms with E-state index in [-0.39, 0.29) is 0 Å². The summed E-state index contributed by atoms with van der Waals surface area (Å²) in [6, 6.07) is 0. The molecule has 0 unspecified atom stereocenters. The maximum atomic E-state index is 13.8. The minimum absolute atomic E-state index is 3.28. The molecule has 24 heteroatoms. The summed E-state index contributed by atoms with van der Waals surface area (Å²) in [5, 5.41) is 0. The standard InChI is InChI=1S/C16F24/c17-2-1(3(18)6(21)7(22)5(2)20)4(19)8(23)9(24,25)10(26,27)11(28,29)12(30,31)13(32,33)14(34,35)15(36,37)16(38,39)40. The summed E-state index contributed by atoms with van der Waals surface area (Å²) >= 11 is 0. The maximum Gasteiger partial charge on any atom is 0.460 e. The minimum atomic E-state index is -9.20. The topological polar surface area (TPSA) is 0 Å². The lowest BCUT2D eigenvalue weighted by Gasteiger charge is -2.42. The molecule has 1 aromatic rings. The van der Waals surface area contributed by atoms with Gasteiger partial charge >= 0.3 is 47.6 Å². The third-order valence-corrected chi connectivity index (χ3v) is 4.62. The van der Waals surface area contributed by atoms with Gasteiger partial charge in [-0.3, -0.25) is 0 Å². The molecule has 0 atom stereocenters. The zero-order chi connectivity index (χ0) is 32.6. The largest absolute Gasteiger partial charge is 0.460 e. The SMILES string of the molecule is FC(=C(F)C(F)(F)C(F)(F)C(F)(F)C(F)(F)C(F)(F)C(F)(F)C(F)(F)C(F)(F)F)c1c(F)c(F)c(F)c(F)c1F. The second-order valence-electron chi connectivity index (χ2n) is 7.09. The molecular weight excluding hydrogens is 648 g/mol. The number of hydrogen-bond donors (Lipinski definition) is 0. The molecular formula is C16F24. The van der Waals surface area contributed by atoms with Gasteiger partial charge < -0.3 is 0 Å². The van der Waals surface area contributed by atoms with Gasteiger partial charge in [0.25, 0.3) is 0 Å². The number of rotatable bonds is 8. The first-order chi connectivity index (χ1) is 17.2. The average molecular weight is 648 g/mol. The van der Waals surface area contributed by atoms with Crippen LogP contribution < -0.4 is 0 Å². The number of halogens is 24. The number of alkyl halides is 17.